The van der Waals surface area contributed by atoms with Crippen molar-refractivity contribution in [2.45, 2.75) is 37.6 Å². The second-order valence-corrected chi connectivity index (χ2v) is 9.79. The summed E-state index contributed by atoms with van der Waals surface area (Å²) in [6.07, 6.45) is 1.01. The maximum atomic E-state index is 13.1. The molecule has 0 unspecified atom stereocenters. The van der Waals surface area contributed by atoms with Gasteiger partial charge in [0.05, 0.1) is 10.6 Å². The van der Waals surface area contributed by atoms with Crippen molar-refractivity contribution in [2.75, 3.05) is 24.5 Å². The zero-order chi connectivity index (χ0) is 21.5. The maximum Gasteiger partial charge on any atom is 0.332 e. The molecule has 0 radical (unpaired) electrons. The minimum atomic E-state index is -3.59. The van der Waals surface area contributed by atoms with E-state index in [9.17, 15) is 18.0 Å². The first-order valence-electron chi connectivity index (χ1n) is 10.0. The third-order valence-electron chi connectivity index (χ3n) is 5.83. The molecule has 0 aliphatic carbocycles. The van der Waals surface area contributed by atoms with Gasteiger partial charge in [0.25, 0.3) is 5.91 Å². The molecule has 0 bridgehead atoms. The fourth-order valence-corrected chi connectivity index (χ4v) is 5.93. The molecule has 8 heteroatoms. The van der Waals surface area contributed by atoms with Crippen LogP contribution in [-0.4, -0.2) is 55.2 Å². The molecular weight excluding hydrogens is 402 g/mol. The Bertz CT molecular complexity index is 1080. The van der Waals surface area contributed by atoms with Gasteiger partial charge in [-0.25, -0.2) is 18.1 Å². The van der Waals surface area contributed by atoms with Gasteiger partial charge in [0.2, 0.25) is 10.0 Å². The molecule has 0 N–H and O–H groups in total. The lowest BCUT2D eigenvalue weighted by molar-refractivity contribution is -0.116. The third-order valence-corrected chi connectivity index (χ3v) is 7.87. The summed E-state index contributed by atoms with van der Waals surface area (Å²) in [7, 11) is -3.59. The van der Waals surface area contributed by atoms with Crippen LogP contribution in [0.3, 0.4) is 0 Å². The molecule has 2 aliphatic heterocycles. The van der Waals surface area contributed by atoms with Gasteiger partial charge in [-0.1, -0.05) is 30.3 Å². The van der Waals surface area contributed by atoms with Crippen LogP contribution >= 0.6 is 0 Å². The van der Waals surface area contributed by atoms with E-state index in [1.165, 1.54) is 9.21 Å². The second kappa shape index (κ2) is 7.85. The van der Waals surface area contributed by atoms with E-state index in [1.54, 1.807) is 42.2 Å². The van der Waals surface area contributed by atoms with Gasteiger partial charge >= 0.3 is 6.03 Å². The number of benzene rings is 2. The van der Waals surface area contributed by atoms with Crippen LogP contribution < -0.4 is 4.90 Å². The highest BCUT2D eigenvalue weighted by atomic mass is 32.2. The summed E-state index contributed by atoms with van der Waals surface area (Å²) in [5.74, 6) is -0.253. The number of carbonyl (C=O) groups excluding carboxylic acids is 2. The van der Waals surface area contributed by atoms with Crippen molar-refractivity contribution in [3.63, 3.8) is 0 Å². The Hall–Kier alpha value is -2.71. The van der Waals surface area contributed by atoms with Gasteiger partial charge in [0.1, 0.15) is 6.54 Å². The Labute approximate surface area is 176 Å². The summed E-state index contributed by atoms with van der Waals surface area (Å²) in [6.45, 7) is 4.35. The number of carbonyl (C=O) groups is 2. The number of imide groups is 1. The van der Waals surface area contributed by atoms with Crippen molar-refractivity contribution in [3.05, 3.63) is 59.7 Å². The summed E-state index contributed by atoms with van der Waals surface area (Å²) < 4.78 is 27.7. The minimum absolute atomic E-state index is 0.0299. The molecule has 0 atom stereocenters. The standard InChI is InChI=1S/C22H25N3O4S/c1-16-8-9-17(2)20(14-16)30(28,29)23-12-10-18(11-13-23)24-15-21(26)25(22(24)27)19-6-4-3-5-7-19/h3-9,14,18H,10-13,15H2,1-2H3. The highest BCUT2D eigenvalue weighted by Crippen LogP contribution is 2.29. The molecule has 0 spiro atoms. The molecular formula is C22H25N3O4S. The molecule has 2 aromatic carbocycles. The molecule has 158 valence electrons. The number of rotatable bonds is 4. The SMILES string of the molecule is Cc1ccc(C)c(S(=O)(=O)N2CCC(N3CC(=O)N(c4ccccc4)C3=O)CC2)c1. The Balaban J connectivity index is 1.47. The van der Waals surface area contributed by atoms with Gasteiger partial charge in [-0.3, -0.25) is 4.79 Å². The van der Waals surface area contributed by atoms with Crippen molar-refractivity contribution in [1.82, 2.24) is 9.21 Å². The number of urea groups is 1. The summed E-state index contributed by atoms with van der Waals surface area (Å²) >= 11 is 0. The summed E-state index contributed by atoms with van der Waals surface area (Å²) in [4.78, 5) is 28.5. The predicted molar refractivity (Wildman–Crippen MR) is 114 cm³/mol. The lowest BCUT2D eigenvalue weighted by Gasteiger charge is -2.35. The maximum absolute atomic E-state index is 13.1. The van der Waals surface area contributed by atoms with Crippen LogP contribution in [0.5, 0.6) is 0 Å². The number of para-hydroxylation sites is 1. The minimum Gasteiger partial charge on any atom is -0.312 e. The normalized spacial score (nSPS) is 19.0. The number of anilines is 1. The Morgan fingerprint density at radius 1 is 0.933 bits per heavy atom. The molecule has 2 aromatic rings. The number of nitrogens with zero attached hydrogens (tertiary/aromatic N) is 3. The smallest absolute Gasteiger partial charge is 0.312 e. The lowest BCUT2D eigenvalue weighted by Crippen LogP contribution is -2.48. The van der Waals surface area contributed by atoms with E-state index in [2.05, 4.69) is 0 Å². The van der Waals surface area contributed by atoms with Crippen molar-refractivity contribution in [3.8, 4) is 0 Å². The summed E-state index contributed by atoms with van der Waals surface area (Å²) in [5, 5.41) is 0. The average Bonchev–Trinajstić information content (AvgIpc) is 3.04. The fourth-order valence-electron chi connectivity index (χ4n) is 4.15. The van der Waals surface area contributed by atoms with Crippen LogP contribution in [0, 0.1) is 13.8 Å². The molecule has 4 rings (SSSR count). The number of piperidine rings is 1. The van der Waals surface area contributed by atoms with Crippen molar-refractivity contribution < 1.29 is 18.0 Å². The number of hydrogen-bond donors (Lipinski definition) is 0. The monoisotopic (exact) mass is 427 g/mol. The molecule has 2 saturated heterocycles. The van der Waals surface area contributed by atoms with Crippen LogP contribution in [0.25, 0.3) is 0 Å². The van der Waals surface area contributed by atoms with Crippen molar-refractivity contribution >= 4 is 27.6 Å². The van der Waals surface area contributed by atoms with Gasteiger partial charge in [0.15, 0.2) is 0 Å². The molecule has 2 aliphatic rings. The van der Waals surface area contributed by atoms with Gasteiger partial charge in [0, 0.05) is 19.1 Å². The molecule has 7 nitrogen and oxygen atoms in total. The lowest BCUT2D eigenvalue weighted by atomic mass is 10.1. The van der Waals surface area contributed by atoms with Crippen LogP contribution in [0.2, 0.25) is 0 Å². The molecule has 2 heterocycles. The summed E-state index contributed by atoms with van der Waals surface area (Å²) in [6, 6.07) is 13.8. The Morgan fingerprint density at radius 3 is 2.27 bits per heavy atom. The highest BCUT2D eigenvalue weighted by Gasteiger charge is 2.42. The van der Waals surface area contributed by atoms with Gasteiger partial charge in [-0.05, 0) is 56.0 Å². The van der Waals surface area contributed by atoms with Gasteiger partial charge < -0.3 is 4.90 Å². The Kier molecular flexibility index (Phi) is 5.38. The van der Waals surface area contributed by atoms with Crippen LogP contribution in [0.1, 0.15) is 24.0 Å². The zero-order valence-corrected chi connectivity index (χ0v) is 17.9. The molecule has 30 heavy (non-hydrogen) atoms. The topological polar surface area (TPSA) is 78.0 Å². The fraction of sp³-hybridized carbons (Fsp3) is 0.364. The van der Waals surface area contributed by atoms with E-state index in [-0.39, 0.29) is 24.5 Å². The molecule has 0 aromatic heterocycles. The second-order valence-electron chi connectivity index (χ2n) is 7.88. The highest BCUT2D eigenvalue weighted by molar-refractivity contribution is 7.89. The Morgan fingerprint density at radius 2 is 1.60 bits per heavy atom. The average molecular weight is 428 g/mol. The largest absolute Gasteiger partial charge is 0.332 e. The van der Waals surface area contributed by atoms with Crippen molar-refractivity contribution in [2.24, 2.45) is 0 Å². The van der Waals surface area contributed by atoms with E-state index < -0.39 is 10.0 Å². The summed E-state index contributed by atoms with van der Waals surface area (Å²) in [5.41, 5.74) is 2.18. The number of aryl methyl sites for hydroxylation is 2. The predicted octanol–water partition coefficient (Wildman–Crippen LogP) is 2.93. The first kappa shape index (κ1) is 20.6. The third kappa shape index (κ3) is 3.61. The van der Waals surface area contributed by atoms with E-state index in [0.29, 0.717) is 36.5 Å². The van der Waals surface area contributed by atoms with Crippen LogP contribution in [-0.2, 0) is 14.8 Å². The van der Waals surface area contributed by atoms with Gasteiger partial charge in [-0.15, -0.1) is 0 Å². The number of sulfonamides is 1. The quantitative estimate of drug-likeness (QED) is 0.703. The zero-order valence-electron chi connectivity index (χ0n) is 17.1. The van der Waals surface area contributed by atoms with Crippen molar-refractivity contribution in [1.29, 1.82) is 0 Å². The van der Waals surface area contributed by atoms with Gasteiger partial charge in [-0.2, -0.15) is 4.31 Å². The molecule has 0 saturated carbocycles. The first-order chi connectivity index (χ1) is 14.3. The van der Waals surface area contributed by atoms with E-state index >= 15 is 0 Å². The van der Waals surface area contributed by atoms with E-state index in [0.717, 1.165) is 11.1 Å². The number of hydrogen-bond acceptors (Lipinski definition) is 4. The van der Waals surface area contributed by atoms with Crippen LogP contribution in [0.15, 0.2) is 53.4 Å². The number of amides is 3. The van der Waals surface area contributed by atoms with E-state index in [1.807, 2.05) is 25.1 Å². The molecule has 2 fully saturated rings. The first-order valence-corrected chi connectivity index (χ1v) is 11.5. The molecule has 3 amide bonds. The van der Waals surface area contributed by atoms with E-state index in [4.69, 9.17) is 0 Å². The van der Waals surface area contributed by atoms with Crippen LogP contribution in [0.4, 0.5) is 10.5 Å².